The molecule has 0 heterocycles. The van der Waals surface area contributed by atoms with Crippen molar-refractivity contribution in [2.75, 3.05) is 0 Å². The fourth-order valence-corrected chi connectivity index (χ4v) is 0. The molecule has 0 atom stereocenters. The van der Waals surface area contributed by atoms with E-state index < -0.39 is 5.09 Å². The van der Waals surface area contributed by atoms with Crippen molar-refractivity contribution in [2.45, 2.75) is 0 Å². The van der Waals surface area contributed by atoms with Gasteiger partial charge in [0.15, 0.2) is 17.4 Å². The van der Waals surface area contributed by atoms with Gasteiger partial charge in [-0.1, -0.05) is 0 Å². The third kappa shape index (κ3) is 2070. The second-order valence-corrected chi connectivity index (χ2v) is 0.238. The van der Waals surface area contributed by atoms with Crippen LogP contribution >= 0.6 is 0 Å². The third-order valence-corrected chi connectivity index (χ3v) is 0. The van der Waals surface area contributed by atoms with Crippen LogP contribution in [0.4, 0.5) is 0 Å². The Hall–Kier alpha value is -0.508. The van der Waals surface area contributed by atoms with Crippen LogP contribution in [0.25, 0.3) is 0 Å². The molecular formula is H16AlNO9. The minimum atomic E-state index is -1.50. The number of hydrogen-bond donors (Lipinski definition) is 1. The van der Waals surface area contributed by atoms with Crippen LogP contribution in [0, 0.1) is 10.1 Å². The molecule has 0 fully saturated rings. The van der Waals surface area contributed by atoms with Crippen molar-refractivity contribution < 1.29 is 43.2 Å². The van der Waals surface area contributed by atoms with E-state index in [4.69, 9.17) is 15.3 Å². The van der Waals surface area contributed by atoms with Gasteiger partial charge in [0, 0.05) is 0 Å². The average molecular weight is 201 g/mol. The first-order valence-corrected chi connectivity index (χ1v) is 0.565. The molecule has 0 radical (unpaired) electrons. The molecule has 0 aromatic carbocycles. The molecule has 0 saturated carbocycles. The lowest BCUT2D eigenvalue weighted by Crippen LogP contribution is -1.81. The Morgan fingerprint density at radius 2 is 0.909 bits per heavy atom. The molecule has 13 N–H and O–H groups in total. The lowest BCUT2D eigenvalue weighted by atomic mass is 13.1. The van der Waals surface area contributed by atoms with E-state index in [-0.39, 0.29) is 50.2 Å². The minimum Gasteiger partial charge on any atom is -0.412 e. The van der Waals surface area contributed by atoms with Gasteiger partial charge < -0.3 is 38.1 Å². The van der Waals surface area contributed by atoms with Gasteiger partial charge in [0.2, 0.25) is 0 Å². The Morgan fingerprint density at radius 3 is 0.909 bits per heavy atom. The summed E-state index contributed by atoms with van der Waals surface area (Å²) in [5, 5.41) is 13.6. The van der Waals surface area contributed by atoms with Gasteiger partial charge >= 0.3 is 0 Å². The van der Waals surface area contributed by atoms with E-state index >= 15 is 0 Å². The Labute approximate surface area is 71.5 Å². The number of nitrogens with zero attached hydrogens (tertiary/aromatic N) is 1. The van der Waals surface area contributed by atoms with Crippen molar-refractivity contribution in [1.82, 2.24) is 0 Å². The summed E-state index contributed by atoms with van der Waals surface area (Å²) >= 11 is 0. The molecule has 0 aliphatic heterocycles. The van der Waals surface area contributed by atoms with Crippen molar-refractivity contribution in [3.63, 3.8) is 0 Å². The van der Waals surface area contributed by atoms with E-state index in [9.17, 15) is 0 Å². The highest BCUT2D eigenvalue weighted by Gasteiger charge is 1.65. The van der Waals surface area contributed by atoms with Crippen LogP contribution < -0.4 is 0 Å². The van der Waals surface area contributed by atoms with Gasteiger partial charge in [0.25, 0.3) is 5.09 Å². The normalized spacial score (nSPS) is 2.18. The summed E-state index contributed by atoms with van der Waals surface area (Å²) in [4.78, 5) is 8.36. The summed E-state index contributed by atoms with van der Waals surface area (Å²) in [6, 6.07) is 0. The molecule has 0 aliphatic carbocycles. The molecule has 11 heteroatoms. The maximum Gasteiger partial charge on any atom is 0.291 e. The van der Waals surface area contributed by atoms with Gasteiger partial charge in [0.05, 0.1) is 0 Å². The Morgan fingerprint density at radius 1 is 0.909 bits per heavy atom. The second kappa shape index (κ2) is 110. The molecule has 11 heavy (non-hydrogen) atoms. The first-order chi connectivity index (χ1) is 1.73. The Balaban J connectivity index is -0.00000000214. The summed E-state index contributed by atoms with van der Waals surface area (Å²) < 4.78 is 0. The van der Waals surface area contributed by atoms with E-state index in [2.05, 4.69) is 0 Å². The van der Waals surface area contributed by atoms with Gasteiger partial charge in [-0.15, -0.1) is 10.1 Å². The fraction of sp³-hybridized carbons (Fsp3) is 0. The zero-order valence-electron chi connectivity index (χ0n) is 4.71. The van der Waals surface area contributed by atoms with Crippen molar-refractivity contribution in [3.8, 4) is 0 Å². The molecule has 0 aromatic heterocycles. The highest BCUT2D eigenvalue weighted by atomic mass is 27.0. The van der Waals surface area contributed by atoms with Crippen molar-refractivity contribution in [3.05, 3.63) is 10.1 Å². The summed E-state index contributed by atoms with van der Waals surface area (Å²) in [6.45, 7) is 0. The number of hydrogen-bond acceptors (Lipinski definition) is 2. The summed E-state index contributed by atoms with van der Waals surface area (Å²) in [5.74, 6) is 0. The standard InChI is InChI=1S/Al.HNO3.6H2O.3H/c;2-1(3)4;;;;;;;;;/h;(H,2,3,4);6*1H2;;;. The van der Waals surface area contributed by atoms with Crippen molar-refractivity contribution in [1.29, 1.82) is 0 Å². The maximum absolute atomic E-state index is 8.36. The maximum atomic E-state index is 8.36. The minimum absolute atomic E-state index is 0. The zero-order chi connectivity index (χ0) is 3.58. The zero-order valence-corrected chi connectivity index (χ0v) is 4.71. The molecule has 0 aromatic rings. The van der Waals surface area contributed by atoms with Crippen molar-refractivity contribution in [2.24, 2.45) is 0 Å². The third-order valence-electron chi connectivity index (χ3n) is 0. The molecule has 0 saturated heterocycles. The predicted octanol–water partition coefficient (Wildman–Crippen LogP) is -6.48. The Kier molecular flexibility index (Phi) is 1520. The van der Waals surface area contributed by atoms with Gasteiger partial charge in [-0.25, -0.2) is 0 Å². The largest absolute Gasteiger partial charge is 0.412 e. The molecular weight excluding hydrogens is 185 g/mol. The topological polar surface area (TPSA) is 252 Å². The van der Waals surface area contributed by atoms with Crippen LogP contribution in [0.5, 0.6) is 0 Å². The molecule has 0 amide bonds. The lowest BCUT2D eigenvalue weighted by Gasteiger charge is -1.56. The van der Waals surface area contributed by atoms with Gasteiger partial charge in [-0.05, 0) is 0 Å². The smallest absolute Gasteiger partial charge is 0.291 e. The van der Waals surface area contributed by atoms with E-state index in [0.717, 1.165) is 0 Å². The highest BCUT2D eigenvalue weighted by molar-refractivity contribution is 5.75. The van der Waals surface area contributed by atoms with E-state index in [0.29, 0.717) is 0 Å². The van der Waals surface area contributed by atoms with Crippen LogP contribution in [-0.2, 0) is 0 Å². The van der Waals surface area contributed by atoms with Crippen LogP contribution in [0.15, 0.2) is 0 Å². The van der Waals surface area contributed by atoms with Gasteiger partial charge in [0.1, 0.15) is 0 Å². The second-order valence-electron chi connectivity index (χ2n) is 0.238. The van der Waals surface area contributed by atoms with E-state index in [1.807, 2.05) is 0 Å². The summed E-state index contributed by atoms with van der Waals surface area (Å²) in [6.07, 6.45) is 0. The molecule has 0 aliphatic rings. The molecule has 0 unspecified atom stereocenters. The molecule has 10 nitrogen and oxygen atoms in total. The molecule has 0 rings (SSSR count). The summed E-state index contributed by atoms with van der Waals surface area (Å²) in [5.41, 5.74) is 0. The summed E-state index contributed by atoms with van der Waals surface area (Å²) in [7, 11) is 0. The molecule has 0 spiro atoms. The highest BCUT2D eigenvalue weighted by Crippen LogP contribution is 1.38. The first kappa shape index (κ1) is 152. The SMILES string of the molecule is O.O.O.O.O.O.O=[N+]([O-])O.[AlH3]. The quantitative estimate of drug-likeness (QED) is 0.228. The van der Waals surface area contributed by atoms with Crippen LogP contribution in [0.1, 0.15) is 0 Å². The monoisotopic (exact) mass is 201 g/mol. The van der Waals surface area contributed by atoms with E-state index in [1.165, 1.54) is 0 Å². The first-order valence-electron chi connectivity index (χ1n) is 0.565. The fourth-order valence-electron chi connectivity index (χ4n) is 0. The van der Waals surface area contributed by atoms with Crippen LogP contribution in [0.3, 0.4) is 0 Å². The Bertz CT molecular complexity index is 32.5. The van der Waals surface area contributed by atoms with Crippen LogP contribution in [0.2, 0.25) is 0 Å². The predicted molar refractivity (Wildman–Crippen MR) is 40.4 cm³/mol. The van der Waals surface area contributed by atoms with Crippen LogP contribution in [-0.4, -0.2) is 60.5 Å². The lowest BCUT2D eigenvalue weighted by molar-refractivity contribution is -0.742. The van der Waals surface area contributed by atoms with E-state index in [1.54, 1.807) is 0 Å². The molecule has 0 bridgehead atoms. The van der Waals surface area contributed by atoms with Gasteiger partial charge in [-0.3, -0.25) is 0 Å². The van der Waals surface area contributed by atoms with Crippen molar-refractivity contribution >= 4 is 17.4 Å². The molecule has 78 valence electrons. The number of rotatable bonds is 0. The van der Waals surface area contributed by atoms with Gasteiger partial charge in [-0.2, -0.15) is 0 Å². The average Bonchev–Trinajstić information content (AvgIpc) is 0.811.